The van der Waals surface area contributed by atoms with Crippen molar-refractivity contribution in [2.75, 3.05) is 19.6 Å². The third kappa shape index (κ3) is 5.27. The first-order chi connectivity index (χ1) is 14.5. The average molecular weight is 629 g/mol. The van der Waals surface area contributed by atoms with Gasteiger partial charge < -0.3 is 9.32 Å². The Labute approximate surface area is 206 Å². The number of hydrogen-bond donors (Lipinski definition) is 0. The van der Waals surface area contributed by atoms with E-state index in [1.54, 1.807) is 0 Å². The van der Waals surface area contributed by atoms with E-state index >= 15 is 0 Å². The Morgan fingerprint density at radius 1 is 1.00 bits per heavy atom. The van der Waals surface area contributed by atoms with E-state index in [2.05, 4.69) is 70.9 Å². The second kappa shape index (κ2) is 11.1. The van der Waals surface area contributed by atoms with Crippen LogP contribution >= 0.6 is 45.2 Å². The molecule has 0 unspecified atom stereocenters. The van der Waals surface area contributed by atoms with Crippen molar-refractivity contribution in [3.05, 3.63) is 66.0 Å². The van der Waals surface area contributed by atoms with Crippen LogP contribution in [-0.4, -0.2) is 30.3 Å². The fourth-order valence-electron chi connectivity index (χ4n) is 3.79. The van der Waals surface area contributed by atoms with Crippen LogP contribution < -0.4 is 0 Å². The van der Waals surface area contributed by atoms with Gasteiger partial charge in [-0.15, -0.1) is 0 Å². The van der Waals surface area contributed by atoms with Gasteiger partial charge in [-0.2, -0.15) is 0 Å². The van der Waals surface area contributed by atoms with Crippen molar-refractivity contribution in [3.63, 3.8) is 0 Å². The largest absolute Gasteiger partial charge is 0.460 e. The molecule has 1 heterocycles. The Morgan fingerprint density at radius 3 is 2.30 bits per heavy atom. The number of ketones is 1. The monoisotopic (exact) mass is 629 g/mol. The lowest BCUT2D eigenvalue weighted by molar-refractivity contribution is 0.103. The normalized spacial score (nSPS) is 11.5. The van der Waals surface area contributed by atoms with Crippen LogP contribution in [-0.2, 0) is 12.8 Å². The molecule has 0 aliphatic heterocycles. The Bertz CT molecular complexity index is 998. The van der Waals surface area contributed by atoms with Crippen molar-refractivity contribution in [1.29, 1.82) is 0 Å². The number of unbranched alkanes of at least 4 members (excludes halogenated alkanes) is 1. The maximum absolute atomic E-state index is 13.6. The van der Waals surface area contributed by atoms with E-state index in [-0.39, 0.29) is 5.78 Å². The van der Waals surface area contributed by atoms with E-state index < -0.39 is 0 Å². The van der Waals surface area contributed by atoms with E-state index in [0.29, 0.717) is 0 Å². The second-order valence-electron chi connectivity index (χ2n) is 7.52. The molecule has 0 spiro atoms. The molecule has 160 valence electrons. The molecule has 0 N–H and O–H groups in total. The van der Waals surface area contributed by atoms with E-state index in [1.165, 1.54) is 5.56 Å². The predicted octanol–water partition coefficient (Wildman–Crippen LogP) is 7.10. The van der Waals surface area contributed by atoms with Crippen molar-refractivity contribution < 1.29 is 9.21 Å². The molecule has 5 heteroatoms. The molecule has 3 aromatic rings. The number of benzene rings is 2. The molecule has 0 atom stereocenters. The molecule has 0 amide bonds. The first-order valence-corrected chi connectivity index (χ1v) is 12.9. The lowest BCUT2D eigenvalue weighted by Gasteiger charge is -2.19. The minimum atomic E-state index is 0.0668. The van der Waals surface area contributed by atoms with Gasteiger partial charge in [0, 0.05) is 31.1 Å². The summed E-state index contributed by atoms with van der Waals surface area (Å²) in [7, 11) is 0. The van der Waals surface area contributed by atoms with Crippen molar-refractivity contribution in [2.45, 2.75) is 46.5 Å². The Kier molecular flexibility index (Phi) is 8.77. The van der Waals surface area contributed by atoms with Crippen molar-refractivity contribution in [3.8, 4) is 0 Å². The van der Waals surface area contributed by atoms with Crippen LogP contribution in [0.25, 0.3) is 11.0 Å². The number of hydrogen-bond acceptors (Lipinski definition) is 3. The van der Waals surface area contributed by atoms with E-state index in [1.807, 2.05) is 36.4 Å². The summed E-state index contributed by atoms with van der Waals surface area (Å²) in [5.74, 6) is 0.885. The molecule has 30 heavy (non-hydrogen) atoms. The number of halogens is 2. The van der Waals surface area contributed by atoms with Gasteiger partial charge >= 0.3 is 0 Å². The zero-order chi connectivity index (χ0) is 21.7. The summed E-state index contributed by atoms with van der Waals surface area (Å²) in [5.41, 5.74) is 3.62. The summed E-state index contributed by atoms with van der Waals surface area (Å²) in [6.07, 6.45) is 3.88. The number of carbonyl (C=O) groups excluding carboxylic acids is 1. The average Bonchev–Trinajstić information content (AvgIpc) is 3.12. The molecule has 3 rings (SSSR count). The smallest absolute Gasteiger partial charge is 0.197 e. The highest BCUT2D eigenvalue weighted by atomic mass is 127. The number of para-hydroxylation sites is 1. The first-order valence-electron chi connectivity index (χ1n) is 10.7. The van der Waals surface area contributed by atoms with Crippen molar-refractivity contribution in [2.24, 2.45) is 0 Å². The number of nitrogens with zero attached hydrogens (tertiary/aromatic N) is 1. The number of furan rings is 1. The molecule has 0 fully saturated rings. The zero-order valence-corrected chi connectivity index (χ0v) is 22.2. The quantitative estimate of drug-likeness (QED) is 0.177. The number of likely N-dealkylation sites (N-methyl/N-ethyl adjacent to an activating group) is 1. The fraction of sp³-hybridized carbons (Fsp3) is 0.400. The molecule has 0 aliphatic rings. The van der Waals surface area contributed by atoms with Gasteiger partial charge in [-0.1, -0.05) is 45.4 Å². The molecule has 0 radical (unpaired) electrons. The minimum Gasteiger partial charge on any atom is -0.460 e. The molecule has 0 saturated heterocycles. The molecular formula is C25H29I2NO2. The maximum atomic E-state index is 13.6. The lowest BCUT2D eigenvalue weighted by Crippen LogP contribution is -2.25. The van der Waals surface area contributed by atoms with E-state index in [9.17, 15) is 4.79 Å². The van der Waals surface area contributed by atoms with Crippen molar-refractivity contribution in [1.82, 2.24) is 4.90 Å². The lowest BCUT2D eigenvalue weighted by atomic mass is 9.97. The molecule has 0 bridgehead atoms. The molecule has 1 aromatic heterocycles. The zero-order valence-electron chi connectivity index (χ0n) is 17.9. The summed E-state index contributed by atoms with van der Waals surface area (Å²) in [6.45, 7) is 9.73. The summed E-state index contributed by atoms with van der Waals surface area (Å²) in [6, 6.07) is 12.0. The number of rotatable bonds is 10. The predicted molar refractivity (Wildman–Crippen MR) is 142 cm³/mol. The summed E-state index contributed by atoms with van der Waals surface area (Å²) < 4.78 is 8.42. The van der Waals surface area contributed by atoms with Gasteiger partial charge in [-0.3, -0.25) is 4.79 Å². The van der Waals surface area contributed by atoms with Crippen LogP contribution in [0.5, 0.6) is 0 Å². The van der Waals surface area contributed by atoms with Crippen LogP contribution in [0.15, 0.2) is 40.8 Å². The van der Waals surface area contributed by atoms with Gasteiger partial charge in [0.1, 0.15) is 11.3 Å². The van der Waals surface area contributed by atoms with Gasteiger partial charge in [0.25, 0.3) is 0 Å². The Morgan fingerprint density at radius 2 is 1.67 bits per heavy atom. The van der Waals surface area contributed by atoms with E-state index in [4.69, 9.17) is 4.42 Å². The van der Waals surface area contributed by atoms with Crippen LogP contribution in [0, 0.1) is 7.14 Å². The van der Waals surface area contributed by atoms with Gasteiger partial charge in [-0.25, -0.2) is 0 Å². The number of carbonyl (C=O) groups is 1. The summed E-state index contributed by atoms with van der Waals surface area (Å²) in [5, 5.41) is 0.921. The highest BCUT2D eigenvalue weighted by Gasteiger charge is 2.23. The molecular weight excluding hydrogens is 600 g/mol. The Balaban J connectivity index is 1.96. The SMILES string of the molecule is CCCCc1oc2ccccc2c1C(=O)c1cc(I)c(CCN(CC)CC)c(I)c1. The van der Waals surface area contributed by atoms with Gasteiger partial charge in [0.15, 0.2) is 5.78 Å². The third-order valence-corrected chi connectivity index (χ3v) is 7.55. The third-order valence-electron chi connectivity index (χ3n) is 5.63. The molecule has 2 aromatic carbocycles. The topological polar surface area (TPSA) is 33.5 Å². The van der Waals surface area contributed by atoms with Crippen molar-refractivity contribution >= 4 is 61.9 Å². The second-order valence-corrected chi connectivity index (χ2v) is 9.85. The van der Waals surface area contributed by atoms with Gasteiger partial charge in [0.2, 0.25) is 0 Å². The Hall–Kier alpha value is -0.930. The minimum absolute atomic E-state index is 0.0668. The van der Waals surface area contributed by atoms with Crippen LogP contribution in [0.2, 0.25) is 0 Å². The summed E-state index contributed by atoms with van der Waals surface area (Å²) >= 11 is 4.77. The first kappa shape index (κ1) is 23.7. The van der Waals surface area contributed by atoms with Crippen LogP contribution in [0.1, 0.15) is 60.9 Å². The maximum Gasteiger partial charge on any atom is 0.197 e. The van der Waals surface area contributed by atoms with Crippen LogP contribution in [0.4, 0.5) is 0 Å². The molecule has 0 aliphatic carbocycles. The number of fused-ring (bicyclic) bond motifs is 1. The van der Waals surface area contributed by atoms with Gasteiger partial charge in [-0.05, 0) is 94.9 Å². The molecule has 0 saturated carbocycles. The summed E-state index contributed by atoms with van der Waals surface area (Å²) in [4.78, 5) is 16.0. The molecule has 3 nitrogen and oxygen atoms in total. The van der Waals surface area contributed by atoms with Gasteiger partial charge in [0.05, 0.1) is 5.56 Å². The van der Waals surface area contributed by atoms with Crippen LogP contribution in [0.3, 0.4) is 0 Å². The number of aryl methyl sites for hydroxylation is 1. The standard InChI is InChI=1S/C25H29I2NO2/c1-4-7-11-23-24(19-10-8-9-12-22(19)30-23)25(29)17-15-20(26)18(21(27)16-17)13-14-28(5-2)6-3/h8-10,12,15-16H,4-7,11,13-14H2,1-3H3. The highest BCUT2D eigenvalue weighted by Crippen LogP contribution is 2.31. The van der Waals surface area contributed by atoms with E-state index in [0.717, 1.165) is 80.3 Å². The fourth-order valence-corrected chi connectivity index (χ4v) is 6.09. The highest BCUT2D eigenvalue weighted by molar-refractivity contribution is 14.1.